The average Bonchev–Trinajstić information content (AvgIpc) is 2.20. The van der Waals surface area contributed by atoms with Crippen LogP contribution in [-0.2, 0) is 0 Å². The number of aryl methyl sites for hydroxylation is 2. The molecule has 0 spiro atoms. The highest BCUT2D eigenvalue weighted by Crippen LogP contribution is 2.35. The van der Waals surface area contributed by atoms with Crippen molar-refractivity contribution >= 4 is 5.69 Å². The fourth-order valence-electron chi connectivity index (χ4n) is 2.23. The van der Waals surface area contributed by atoms with Crippen molar-refractivity contribution in [2.45, 2.75) is 32.9 Å². The van der Waals surface area contributed by atoms with Gasteiger partial charge < -0.3 is 15.4 Å². The summed E-state index contributed by atoms with van der Waals surface area (Å²) in [5.74, 6) is 1.00. The van der Waals surface area contributed by atoms with Crippen molar-refractivity contribution in [3.63, 3.8) is 0 Å². The first-order chi connectivity index (χ1) is 7.61. The van der Waals surface area contributed by atoms with Gasteiger partial charge in [0.2, 0.25) is 0 Å². The van der Waals surface area contributed by atoms with Crippen molar-refractivity contribution in [3.8, 4) is 5.75 Å². The Morgan fingerprint density at radius 1 is 1.38 bits per heavy atom. The van der Waals surface area contributed by atoms with Crippen LogP contribution in [0.15, 0.2) is 12.1 Å². The van der Waals surface area contributed by atoms with Gasteiger partial charge in [-0.2, -0.15) is 0 Å². The van der Waals surface area contributed by atoms with E-state index in [2.05, 4.69) is 43.5 Å². The molecule has 3 nitrogen and oxygen atoms in total. The number of fused-ring (bicyclic) bond motifs is 1. The van der Waals surface area contributed by atoms with E-state index in [1.807, 2.05) is 7.05 Å². The summed E-state index contributed by atoms with van der Waals surface area (Å²) in [6.45, 7) is 7.22. The van der Waals surface area contributed by atoms with E-state index >= 15 is 0 Å². The molecule has 0 aromatic heterocycles. The van der Waals surface area contributed by atoms with Crippen LogP contribution in [-0.4, -0.2) is 25.7 Å². The lowest BCUT2D eigenvalue weighted by Crippen LogP contribution is -2.45. The summed E-state index contributed by atoms with van der Waals surface area (Å²) in [5.41, 5.74) is 3.60. The number of hydrogen-bond acceptors (Lipinski definition) is 3. The summed E-state index contributed by atoms with van der Waals surface area (Å²) < 4.78 is 6.05. The molecule has 1 aromatic rings. The van der Waals surface area contributed by atoms with Gasteiger partial charge in [-0.3, -0.25) is 0 Å². The van der Waals surface area contributed by atoms with Crippen molar-refractivity contribution in [1.29, 1.82) is 0 Å². The molecule has 2 N–H and O–H groups in total. The molecule has 2 atom stereocenters. The van der Waals surface area contributed by atoms with Crippen LogP contribution in [0, 0.1) is 13.8 Å². The molecule has 0 saturated heterocycles. The molecule has 16 heavy (non-hydrogen) atoms. The zero-order valence-electron chi connectivity index (χ0n) is 10.4. The van der Waals surface area contributed by atoms with Crippen LogP contribution in [0.3, 0.4) is 0 Å². The van der Waals surface area contributed by atoms with Gasteiger partial charge in [0, 0.05) is 6.54 Å². The summed E-state index contributed by atoms with van der Waals surface area (Å²) in [6.07, 6.45) is 0.193. The normalized spacial score (nSPS) is 23.2. The van der Waals surface area contributed by atoms with Gasteiger partial charge in [-0.05, 0) is 45.0 Å². The Hall–Kier alpha value is -1.22. The molecule has 0 saturated carbocycles. The van der Waals surface area contributed by atoms with Gasteiger partial charge in [0.05, 0.1) is 11.7 Å². The van der Waals surface area contributed by atoms with Gasteiger partial charge in [0.25, 0.3) is 0 Å². The molecule has 1 heterocycles. The van der Waals surface area contributed by atoms with E-state index in [-0.39, 0.29) is 6.10 Å². The lowest BCUT2D eigenvalue weighted by molar-refractivity contribution is 0.173. The Kier molecular flexibility index (Phi) is 3.06. The minimum atomic E-state index is 0.193. The number of likely N-dealkylation sites (N-methyl/N-ethyl adjacent to an activating group) is 1. The quantitative estimate of drug-likeness (QED) is 0.800. The van der Waals surface area contributed by atoms with E-state index in [0.29, 0.717) is 6.04 Å². The molecule has 2 unspecified atom stereocenters. The highest BCUT2D eigenvalue weighted by molar-refractivity contribution is 5.63. The molecule has 0 aliphatic carbocycles. The van der Waals surface area contributed by atoms with E-state index < -0.39 is 0 Å². The van der Waals surface area contributed by atoms with Crippen molar-refractivity contribution in [2.24, 2.45) is 0 Å². The summed E-state index contributed by atoms with van der Waals surface area (Å²) in [5, 5.41) is 6.68. The van der Waals surface area contributed by atoms with Crippen molar-refractivity contribution in [2.75, 3.05) is 18.9 Å². The number of nitrogens with one attached hydrogen (secondary N) is 2. The van der Waals surface area contributed by atoms with Gasteiger partial charge in [-0.1, -0.05) is 6.07 Å². The van der Waals surface area contributed by atoms with E-state index in [0.717, 1.165) is 18.0 Å². The molecular formula is C13H20N2O. The van der Waals surface area contributed by atoms with Crippen LogP contribution >= 0.6 is 0 Å². The molecule has 2 rings (SSSR count). The Labute approximate surface area is 97.2 Å². The van der Waals surface area contributed by atoms with E-state index in [1.54, 1.807) is 0 Å². The molecule has 1 aliphatic rings. The van der Waals surface area contributed by atoms with Gasteiger partial charge in [0.1, 0.15) is 11.9 Å². The maximum Gasteiger partial charge on any atom is 0.145 e. The smallest absolute Gasteiger partial charge is 0.145 e. The minimum absolute atomic E-state index is 0.193. The third-order valence-electron chi connectivity index (χ3n) is 3.03. The maximum atomic E-state index is 6.05. The second-order valence-corrected chi connectivity index (χ2v) is 4.61. The van der Waals surface area contributed by atoms with E-state index in [9.17, 15) is 0 Å². The Morgan fingerprint density at radius 3 is 2.81 bits per heavy atom. The van der Waals surface area contributed by atoms with Crippen molar-refractivity contribution in [1.82, 2.24) is 5.32 Å². The molecular weight excluding hydrogens is 200 g/mol. The zero-order valence-corrected chi connectivity index (χ0v) is 10.4. The summed E-state index contributed by atoms with van der Waals surface area (Å²) in [6, 6.07) is 4.64. The molecule has 3 heteroatoms. The molecule has 1 aliphatic heterocycles. The van der Waals surface area contributed by atoms with Gasteiger partial charge >= 0.3 is 0 Å². The Balaban J connectivity index is 2.31. The Morgan fingerprint density at radius 2 is 2.12 bits per heavy atom. The van der Waals surface area contributed by atoms with Crippen LogP contribution in [0.1, 0.15) is 18.1 Å². The fraction of sp³-hybridized carbons (Fsp3) is 0.538. The van der Waals surface area contributed by atoms with Gasteiger partial charge in [0.15, 0.2) is 0 Å². The summed E-state index contributed by atoms with van der Waals surface area (Å²) in [7, 11) is 1.95. The molecule has 0 amide bonds. The van der Waals surface area contributed by atoms with Crippen molar-refractivity contribution < 1.29 is 4.74 Å². The first-order valence-electron chi connectivity index (χ1n) is 5.81. The van der Waals surface area contributed by atoms with E-state index in [4.69, 9.17) is 4.74 Å². The summed E-state index contributed by atoms with van der Waals surface area (Å²) >= 11 is 0. The lowest BCUT2D eigenvalue weighted by Gasteiger charge is -2.34. The largest absolute Gasteiger partial charge is 0.485 e. The summed E-state index contributed by atoms with van der Waals surface area (Å²) in [4.78, 5) is 0. The molecule has 0 bridgehead atoms. The predicted molar refractivity (Wildman–Crippen MR) is 67.3 cm³/mol. The maximum absolute atomic E-state index is 6.05. The fourth-order valence-corrected chi connectivity index (χ4v) is 2.23. The van der Waals surface area contributed by atoms with Crippen LogP contribution in [0.25, 0.3) is 0 Å². The molecule has 88 valence electrons. The first kappa shape index (κ1) is 11.3. The number of anilines is 1. The second-order valence-electron chi connectivity index (χ2n) is 4.61. The number of benzene rings is 1. The average molecular weight is 220 g/mol. The minimum Gasteiger partial charge on any atom is -0.485 e. The highest BCUT2D eigenvalue weighted by Gasteiger charge is 2.26. The lowest BCUT2D eigenvalue weighted by atomic mass is 10.0. The topological polar surface area (TPSA) is 33.3 Å². The second kappa shape index (κ2) is 4.34. The number of ether oxygens (including phenoxy) is 1. The monoisotopic (exact) mass is 220 g/mol. The van der Waals surface area contributed by atoms with Crippen LogP contribution in [0.4, 0.5) is 5.69 Å². The van der Waals surface area contributed by atoms with Gasteiger partial charge in [-0.15, -0.1) is 0 Å². The molecule has 0 radical (unpaired) electrons. The van der Waals surface area contributed by atoms with Crippen LogP contribution < -0.4 is 15.4 Å². The molecule has 0 fully saturated rings. The zero-order chi connectivity index (χ0) is 11.7. The number of hydrogen-bond donors (Lipinski definition) is 2. The molecule has 1 aromatic carbocycles. The van der Waals surface area contributed by atoms with E-state index in [1.165, 1.54) is 11.1 Å². The SMILES string of the molecule is CNCC1Oc2c(C)cc(C)cc2NC1C. The Bertz CT molecular complexity index is 390. The standard InChI is InChI=1S/C13H20N2O/c1-8-5-9(2)13-11(6-8)15-10(3)12(16-13)7-14-4/h5-6,10,12,14-15H,7H2,1-4H3. The highest BCUT2D eigenvalue weighted by atomic mass is 16.5. The van der Waals surface area contributed by atoms with Crippen molar-refractivity contribution in [3.05, 3.63) is 23.3 Å². The van der Waals surface area contributed by atoms with Gasteiger partial charge in [-0.25, -0.2) is 0 Å². The first-order valence-corrected chi connectivity index (χ1v) is 5.81. The predicted octanol–water partition coefficient (Wildman–Crippen LogP) is 2.08. The third-order valence-corrected chi connectivity index (χ3v) is 3.03. The van der Waals surface area contributed by atoms with Crippen LogP contribution in [0.5, 0.6) is 5.75 Å². The van der Waals surface area contributed by atoms with Crippen LogP contribution in [0.2, 0.25) is 0 Å². The number of rotatable bonds is 2. The third kappa shape index (κ3) is 2.00.